The predicted molar refractivity (Wildman–Crippen MR) is 220 cm³/mol. The van der Waals surface area contributed by atoms with E-state index in [0.717, 1.165) is 15.9 Å². The fourth-order valence-electron chi connectivity index (χ4n) is 5.30. The average molecular weight is 1060 g/mol. The minimum Gasteiger partial charge on any atom is -0.265 e. The van der Waals surface area contributed by atoms with Gasteiger partial charge in [-0.05, 0) is 37.8 Å². The molecule has 0 atom stereocenters. The Hall–Kier alpha value is -4.42. The molecule has 0 bridgehead atoms. The Labute approximate surface area is 356 Å². The summed E-state index contributed by atoms with van der Waals surface area (Å²) in [6.07, 6.45) is 17.5. The Bertz CT molecular complexity index is 1650. The molecule has 10 nitrogen and oxygen atoms in total. The number of benzene rings is 3. The van der Waals surface area contributed by atoms with Crippen molar-refractivity contribution in [2.45, 2.75) is 25.7 Å². The van der Waals surface area contributed by atoms with Crippen molar-refractivity contribution in [3.63, 3.8) is 0 Å². The van der Waals surface area contributed by atoms with Gasteiger partial charge in [0.15, 0.2) is 50.4 Å². The molecule has 331 valence electrons. The van der Waals surface area contributed by atoms with Crippen LogP contribution in [-0.4, -0.2) is 69.0 Å². The molecule has 1 aliphatic carbocycles. The van der Waals surface area contributed by atoms with Gasteiger partial charge in [0, 0.05) is 68.9 Å². The van der Waals surface area contributed by atoms with Crippen molar-refractivity contribution in [3.05, 3.63) is 91.3 Å². The molecule has 1 aliphatic rings. The molecule has 1 aromatic heterocycles. The Morgan fingerprint density at radius 2 is 0.627 bits per heavy atom. The second-order valence-electron chi connectivity index (χ2n) is 11.7. The van der Waals surface area contributed by atoms with E-state index in [-0.39, 0.29) is 20.1 Å². The van der Waals surface area contributed by atoms with E-state index in [9.17, 15) is 25.2 Å². The first-order valence-electron chi connectivity index (χ1n) is 17.4. The van der Waals surface area contributed by atoms with Gasteiger partial charge in [0.1, 0.15) is 25.2 Å². The zero-order valence-electron chi connectivity index (χ0n) is 34.2. The van der Waals surface area contributed by atoms with E-state index in [0.29, 0.717) is 51.7 Å². The molecule has 0 unspecified atom stereocenters. The second kappa shape index (κ2) is 24.0. The number of methoxy groups -OCH3 is 9. The maximum atomic E-state index is 9.87. The first-order chi connectivity index (χ1) is 27.4. The first kappa shape index (κ1) is 52.6. The molecule has 1 radical (unpaired) electrons. The standard InChI is InChI=1S/C27H33O9P.C8H12.C5H5N.F6P.Ir/c1-28-16-10-19(31-4)25(20(11-16)32-5)37(26-21(33-6)12-17(29-2)13-22(26)34-7)27-23(35-8)14-18(30-3)15-24(27)36-9;1-2-4-6-8-7-5-3-1;1-2-4-6-5-3-1;1-7(2,3,4,5)6;/h10-15H,1-9H3;1-2,7-8H,3-6H2;1-5H;;/q;;;-1;/p+1/b;2-1-,8-7-;;;. The van der Waals surface area contributed by atoms with Gasteiger partial charge in [-0.15, -0.1) is 0 Å². The summed E-state index contributed by atoms with van der Waals surface area (Å²) in [4.78, 5) is 3.78. The number of ether oxygens (including phenoxy) is 9. The van der Waals surface area contributed by atoms with Crippen LogP contribution in [0.4, 0.5) is 25.2 Å². The summed E-state index contributed by atoms with van der Waals surface area (Å²) in [6, 6.07) is 16.6. The van der Waals surface area contributed by atoms with Crippen LogP contribution >= 0.6 is 15.7 Å². The van der Waals surface area contributed by atoms with E-state index in [2.05, 4.69) is 29.3 Å². The number of hydrogen-bond acceptors (Lipinski definition) is 10. The molecule has 0 amide bonds. The number of halogens is 6. The Kier molecular flexibility index (Phi) is 21.4. The third-order valence-corrected chi connectivity index (χ3v) is 10.8. The van der Waals surface area contributed by atoms with Crippen molar-refractivity contribution < 1.29 is 87.9 Å². The monoisotopic (exact) mass is 1060 g/mol. The second-order valence-corrected chi connectivity index (χ2v) is 15.8. The summed E-state index contributed by atoms with van der Waals surface area (Å²) in [7, 11) is 1.58. The first-order valence-corrected chi connectivity index (χ1v) is 20.9. The van der Waals surface area contributed by atoms with Gasteiger partial charge >= 0.3 is 33.0 Å². The summed E-state index contributed by atoms with van der Waals surface area (Å²) in [5.41, 5.74) is 0. The van der Waals surface area contributed by atoms with Gasteiger partial charge in [-0.1, -0.05) is 30.4 Å². The zero-order chi connectivity index (χ0) is 43.4. The topological polar surface area (TPSA) is 96.0 Å². The van der Waals surface area contributed by atoms with Gasteiger partial charge in [-0.3, -0.25) is 4.98 Å². The maximum Gasteiger partial charge on any atom is 0.0267 e. The van der Waals surface area contributed by atoms with Gasteiger partial charge in [0.05, 0.1) is 64.0 Å². The van der Waals surface area contributed by atoms with Gasteiger partial charge < -0.3 is 42.6 Å². The van der Waals surface area contributed by atoms with E-state index in [1.807, 2.05) is 54.6 Å². The normalized spacial score (nSPS) is 14.0. The molecule has 0 saturated carbocycles. The predicted octanol–water partition coefficient (Wildman–Crippen LogP) is 10.4. The summed E-state index contributed by atoms with van der Waals surface area (Å²) < 4.78 is 111. The molecule has 3 aromatic carbocycles. The van der Waals surface area contributed by atoms with E-state index in [1.54, 1.807) is 76.4 Å². The summed E-state index contributed by atoms with van der Waals surface area (Å²) in [6.45, 7) is 0. The molecule has 1 heterocycles. The number of allylic oxidation sites excluding steroid dienone is 4. The van der Waals surface area contributed by atoms with Crippen LogP contribution < -0.4 is 58.5 Å². The Morgan fingerprint density at radius 1 is 0.407 bits per heavy atom. The van der Waals surface area contributed by atoms with Crippen LogP contribution in [0.5, 0.6) is 51.7 Å². The number of aromatic nitrogens is 1. The van der Waals surface area contributed by atoms with Crippen molar-refractivity contribution in [1.82, 2.24) is 4.98 Å². The van der Waals surface area contributed by atoms with Crippen molar-refractivity contribution in [3.8, 4) is 51.7 Å². The molecule has 0 spiro atoms. The molecule has 19 heteroatoms. The van der Waals surface area contributed by atoms with Crippen LogP contribution in [0.25, 0.3) is 0 Å². The molecule has 5 rings (SSSR count). The third-order valence-electron chi connectivity index (χ3n) is 7.79. The third kappa shape index (κ3) is 18.6. The van der Waals surface area contributed by atoms with Crippen LogP contribution in [0.3, 0.4) is 0 Å². The molecule has 0 aliphatic heterocycles. The van der Waals surface area contributed by atoms with Gasteiger partial charge in [-0.25, -0.2) is 0 Å². The number of hydrogen-bond donors (Lipinski definition) is 0. The van der Waals surface area contributed by atoms with Crippen LogP contribution in [0.2, 0.25) is 0 Å². The van der Waals surface area contributed by atoms with Gasteiger partial charge in [-0.2, -0.15) is 0 Å². The molecular formula is C40H51F6IrNO9P2. The fraction of sp³-hybridized carbons (Fsp3) is 0.325. The summed E-state index contributed by atoms with van der Waals surface area (Å²) in [5, 5.41) is 2.33. The van der Waals surface area contributed by atoms with Gasteiger partial charge in [0.2, 0.25) is 0 Å². The molecule has 0 fully saturated rings. The van der Waals surface area contributed by atoms with Crippen molar-refractivity contribution in [2.24, 2.45) is 0 Å². The van der Waals surface area contributed by atoms with E-state index >= 15 is 0 Å². The van der Waals surface area contributed by atoms with Gasteiger partial charge in [0.25, 0.3) is 0 Å². The SMILES string of the molecule is C1=C\CC/C=C\CC/1.COc1cc(OC)c([PH+](c2c(OC)cc(OC)cc2OC)c2c(OC)cc(OC)cc2OC)c(OC)c1.F[P-](F)(F)(F)(F)F.[Ir].c1ccncc1. The van der Waals surface area contributed by atoms with Crippen molar-refractivity contribution >= 4 is 31.6 Å². The van der Waals surface area contributed by atoms with Crippen LogP contribution in [-0.2, 0) is 20.1 Å². The fourth-order valence-corrected chi connectivity index (χ4v) is 8.57. The van der Waals surface area contributed by atoms with Crippen LogP contribution in [0.1, 0.15) is 25.7 Å². The maximum absolute atomic E-state index is 10.7. The molecule has 0 saturated heterocycles. The quantitative estimate of drug-likeness (QED) is 0.0776. The van der Waals surface area contributed by atoms with Crippen LogP contribution in [0.15, 0.2) is 91.3 Å². The Morgan fingerprint density at radius 3 is 0.763 bits per heavy atom. The summed E-state index contributed by atoms with van der Waals surface area (Å²) in [5.74, 6) is 5.11. The molecule has 0 N–H and O–H groups in total. The minimum absolute atomic E-state index is 0. The number of rotatable bonds is 12. The molecule has 59 heavy (non-hydrogen) atoms. The number of pyridine rings is 1. The van der Waals surface area contributed by atoms with E-state index in [1.165, 1.54) is 25.7 Å². The number of nitrogens with zero attached hydrogens (tertiary/aromatic N) is 1. The zero-order valence-corrected chi connectivity index (χ0v) is 38.4. The van der Waals surface area contributed by atoms with Crippen molar-refractivity contribution in [1.29, 1.82) is 0 Å². The van der Waals surface area contributed by atoms with Crippen molar-refractivity contribution in [2.75, 3.05) is 64.0 Å². The van der Waals surface area contributed by atoms with Crippen LogP contribution in [0, 0.1) is 0 Å². The molecular weight excluding hydrogens is 1010 g/mol. The van der Waals surface area contributed by atoms with E-state index in [4.69, 9.17) is 42.6 Å². The largest absolute Gasteiger partial charge is 0.265 e. The minimum atomic E-state index is -10.7. The average Bonchev–Trinajstić information content (AvgIpc) is 3.20. The molecule has 4 aromatic rings. The smallest absolute Gasteiger partial charge is 0.0267 e. The Balaban J connectivity index is 0.000000637. The van der Waals surface area contributed by atoms with E-state index < -0.39 is 15.7 Å². The summed E-state index contributed by atoms with van der Waals surface area (Å²) >= 11 is 0.